The maximum Gasteiger partial charge on any atom is 1.00 e. The molecule has 0 aliphatic heterocycles. The molecule has 6 nitrogen and oxygen atoms in total. The van der Waals surface area contributed by atoms with Gasteiger partial charge in [0.15, 0.2) is 0 Å². The number of hydrogen-bond donors (Lipinski definition) is 2. The number of aliphatic hydroxyl groups is 2. The Kier molecular flexibility index (Phi) is 24.9. The van der Waals surface area contributed by atoms with Crippen molar-refractivity contribution in [2.75, 3.05) is 6.61 Å². The topological polar surface area (TPSA) is 107 Å². The summed E-state index contributed by atoms with van der Waals surface area (Å²) < 4.78 is 34.5. The fourth-order valence-electron chi connectivity index (χ4n) is 1.75. The van der Waals surface area contributed by atoms with Crippen LogP contribution in [0.1, 0.15) is 78.1 Å². The van der Waals surface area contributed by atoms with Gasteiger partial charge < -0.3 is 14.8 Å². The first-order chi connectivity index (χ1) is 9.79. The van der Waals surface area contributed by atoms with Crippen LogP contribution in [0.2, 0.25) is 0 Å². The largest absolute Gasteiger partial charge is 1.00 e. The molecule has 0 amide bonds. The molecule has 0 saturated carbocycles. The van der Waals surface area contributed by atoms with Crippen molar-refractivity contribution in [3.63, 3.8) is 0 Å². The van der Waals surface area contributed by atoms with Crippen molar-refractivity contribution in [1.29, 1.82) is 0 Å². The zero-order valence-electron chi connectivity index (χ0n) is 14.3. The maximum absolute atomic E-state index is 10.1. The molecule has 2 N–H and O–H groups in total. The molecule has 0 fully saturated rings. The van der Waals surface area contributed by atoms with Crippen LogP contribution in [-0.4, -0.2) is 36.1 Å². The molecule has 0 aliphatic carbocycles. The van der Waals surface area contributed by atoms with Crippen LogP contribution in [0.15, 0.2) is 0 Å². The van der Waals surface area contributed by atoms with E-state index in [1.54, 1.807) is 0 Å². The molecule has 0 aromatic carbocycles. The number of aliphatic hydroxyl groups excluding tert-OH is 1. The van der Waals surface area contributed by atoms with Gasteiger partial charge in [-0.25, -0.2) is 8.42 Å². The van der Waals surface area contributed by atoms with Crippen LogP contribution in [0.3, 0.4) is 0 Å². The molecule has 0 aliphatic rings. The predicted molar refractivity (Wildman–Crippen MR) is 81.4 cm³/mol. The predicted octanol–water partition coefficient (Wildman–Crippen LogP) is -0.295. The SMILES string of the molecule is CC(O)O.CCCCCCCCCCCCOS(=O)(=O)[O-].[Na+]. The van der Waals surface area contributed by atoms with Gasteiger partial charge in [-0.3, -0.25) is 4.18 Å². The van der Waals surface area contributed by atoms with Gasteiger partial charge in [0.1, 0.15) is 6.29 Å². The van der Waals surface area contributed by atoms with Gasteiger partial charge in [0.2, 0.25) is 10.4 Å². The Morgan fingerprint density at radius 3 is 1.55 bits per heavy atom. The van der Waals surface area contributed by atoms with E-state index < -0.39 is 16.7 Å². The molecule has 0 aromatic rings. The molecule has 130 valence electrons. The van der Waals surface area contributed by atoms with Gasteiger partial charge >= 0.3 is 29.6 Å². The summed E-state index contributed by atoms with van der Waals surface area (Å²) in [4.78, 5) is 0. The number of rotatable bonds is 12. The van der Waals surface area contributed by atoms with Gasteiger partial charge in [0.25, 0.3) is 0 Å². The molecule has 8 heteroatoms. The Balaban J connectivity index is -0.000000640. The molecule has 0 radical (unpaired) electrons. The van der Waals surface area contributed by atoms with Gasteiger partial charge in [0, 0.05) is 0 Å². The van der Waals surface area contributed by atoms with Crippen LogP contribution >= 0.6 is 0 Å². The molecular formula is C14H31NaO6S. The summed E-state index contributed by atoms with van der Waals surface area (Å²) in [6.45, 7) is 3.52. The van der Waals surface area contributed by atoms with Gasteiger partial charge in [0.05, 0.1) is 6.61 Å². The van der Waals surface area contributed by atoms with Crippen LogP contribution < -0.4 is 29.6 Å². The molecule has 0 atom stereocenters. The van der Waals surface area contributed by atoms with Crippen LogP contribution in [0.4, 0.5) is 0 Å². The smallest absolute Gasteiger partial charge is 0.726 e. The minimum Gasteiger partial charge on any atom is -0.726 e. The van der Waals surface area contributed by atoms with Gasteiger partial charge in [-0.1, -0.05) is 64.7 Å². The second-order valence-electron chi connectivity index (χ2n) is 5.04. The third kappa shape index (κ3) is 37.2. The summed E-state index contributed by atoms with van der Waals surface area (Å²) >= 11 is 0. The maximum atomic E-state index is 10.1. The summed E-state index contributed by atoms with van der Waals surface area (Å²) in [5.41, 5.74) is 0. The second kappa shape index (κ2) is 19.8. The van der Waals surface area contributed by atoms with Gasteiger partial charge in [-0.05, 0) is 13.3 Å². The van der Waals surface area contributed by atoms with E-state index in [-0.39, 0.29) is 36.2 Å². The second-order valence-corrected chi connectivity index (χ2v) is 6.10. The molecule has 0 rings (SSSR count). The minimum absolute atomic E-state index is 0. The van der Waals surface area contributed by atoms with E-state index in [4.69, 9.17) is 10.2 Å². The molecule has 0 bridgehead atoms. The summed E-state index contributed by atoms with van der Waals surface area (Å²) in [7, 11) is -4.48. The Bertz CT molecular complexity index is 293. The summed E-state index contributed by atoms with van der Waals surface area (Å²) in [6.07, 6.45) is 10.5. The molecule has 0 aromatic heterocycles. The molecule has 0 heterocycles. The molecule has 22 heavy (non-hydrogen) atoms. The van der Waals surface area contributed by atoms with E-state index in [0.717, 1.165) is 12.8 Å². The molecular weight excluding hydrogens is 319 g/mol. The van der Waals surface area contributed by atoms with Crippen LogP contribution in [0.25, 0.3) is 0 Å². The van der Waals surface area contributed by atoms with Crippen LogP contribution in [-0.2, 0) is 14.6 Å². The Hall–Kier alpha value is 0.790. The molecule has 0 unspecified atom stereocenters. The number of unbranched alkanes of at least 4 members (excludes halogenated alkanes) is 9. The van der Waals surface area contributed by atoms with E-state index >= 15 is 0 Å². The zero-order chi connectivity index (χ0) is 16.6. The van der Waals surface area contributed by atoms with Crippen molar-refractivity contribution in [2.24, 2.45) is 0 Å². The Labute approximate surface area is 157 Å². The third-order valence-corrected chi connectivity index (χ3v) is 3.18. The average Bonchev–Trinajstić information content (AvgIpc) is 2.34. The molecule has 0 spiro atoms. The normalized spacial score (nSPS) is 10.8. The van der Waals surface area contributed by atoms with Gasteiger partial charge in [-0.15, -0.1) is 0 Å². The monoisotopic (exact) mass is 350 g/mol. The van der Waals surface area contributed by atoms with E-state index in [2.05, 4.69) is 11.1 Å². The Morgan fingerprint density at radius 2 is 1.23 bits per heavy atom. The van der Waals surface area contributed by atoms with E-state index in [1.165, 1.54) is 51.9 Å². The fourth-order valence-corrected chi connectivity index (χ4v) is 2.07. The van der Waals surface area contributed by atoms with Crippen molar-refractivity contribution in [2.45, 2.75) is 84.3 Å². The van der Waals surface area contributed by atoms with Crippen molar-refractivity contribution in [1.82, 2.24) is 0 Å². The van der Waals surface area contributed by atoms with Gasteiger partial charge in [-0.2, -0.15) is 0 Å². The first kappa shape index (κ1) is 27.6. The quantitative estimate of drug-likeness (QED) is 0.165. The zero-order valence-corrected chi connectivity index (χ0v) is 17.1. The first-order valence-corrected chi connectivity index (χ1v) is 9.09. The standard InChI is InChI=1S/C12H26O4S.C2H6O2.Na/c1-2-3-4-5-6-7-8-9-10-11-12-16-17(13,14)15;1-2(3)4;/h2-12H2,1H3,(H,13,14,15);2-4H,1H3;/q;;+1/p-1. The van der Waals surface area contributed by atoms with Crippen molar-refractivity contribution < 1.29 is 56.9 Å². The molecule has 0 saturated heterocycles. The van der Waals surface area contributed by atoms with Crippen molar-refractivity contribution in [3.8, 4) is 0 Å². The summed E-state index contributed by atoms with van der Waals surface area (Å²) in [5.74, 6) is 0. The summed E-state index contributed by atoms with van der Waals surface area (Å²) in [5, 5.41) is 15.2. The van der Waals surface area contributed by atoms with E-state index in [0.29, 0.717) is 6.42 Å². The van der Waals surface area contributed by atoms with Crippen LogP contribution in [0.5, 0.6) is 0 Å². The number of hydrogen-bond acceptors (Lipinski definition) is 6. The van der Waals surface area contributed by atoms with E-state index in [9.17, 15) is 13.0 Å². The third-order valence-electron chi connectivity index (χ3n) is 2.73. The van der Waals surface area contributed by atoms with E-state index in [1.807, 2.05) is 0 Å². The average molecular weight is 350 g/mol. The van der Waals surface area contributed by atoms with Crippen LogP contribution in [0, 0.1) is 0 Å². The van der Waals surface area contributed by atoms with Crippen molar-refractivity contribution in [3.05, 3.63) is 0 Å². The summed E-state index contributed by atoms with van der Waals surface area (Å²) in [6, 6.07) is 0. The van der Waals surface area contributed by atoms with Crippen molar-refractivity contribution >= 4 is 10.4 Å². The minimum atomic E-state index is -4.48. The first-order valence-electron chi connectivity index (χ1n) is 7.76. The Morgan fingerprint density at radius 1 is 0.909 bits per heavy atom. The fraction of sp³-hybridized carbons (Fsp3) is 1.00.